The topological polar surface area (TPSA) is 46.9 Å². The van der Waals surface area contributed by atoms with E-state index in [1.165, 1.54) is 0 Å². The van der Waals surface area contributed by atoms with Crippen LogP contribution < -0.4 is 5.32 Å². The summed E-state index contributed by atoms with van der Waals surface area (Å²) in [6, 6.07) is 0. The number of hydrogen-bond acceptors (Lipinski definition) is 2. The van der Waals surface area contributed by atoms with E-state index in [4.69, 9.17) is 0 Å². The van der Waals surface area contributed by atoms with Crippen LogP contribution in [0.25, 0.3) is 0 Å². The number of nitrogens with zero attached hydrogens (tertiary/aromatic N) is 2. The van der Waals surface area contributed by atoms with Crippen molar-refractivity contribution in [3.8, 4) is 0 Å². The van der Waals surface area contributed by atoms with Gasteiger partial charge in [-0.05, 0) is 27.2 Å². The van der Waals surface area contributed by atoms with E-state index in [9.17, 15) is 4.79 Å². The summed E-state index contributed by atoms with van der Waals surface area (Å²) in [6.45, 7) is 6.60. The summed E-state index contributed by atoms with van der Waals surface area (Å²) >= 11 is 0. The molecule has 1 amide bonds. The second-order valence-corrected chi connectivity index (χ2v) is 4.16. The molecule has 1 rings (SSSR count). The lowest BCUT2D eigenvalue weighted by molar-refractivity contribution is -0.120. The molecule has 0 unspecified atom stereocenters. The first-order valence-corrected chi connectivity index (χ1v) is 5.93. The summed E-state index contributed by atoms with van der Waals surface area (Å²) in [4.78, 5) is 11.7. The molecule has 94 valence electrons. The zero-order valence-corrected chi connectivity index (χ0v) is 11.1. The molecule has 0 fully saturated rings. The number of nitrogens with one attached hydrogen (secondary N) is 1. The zero-order valence-electron chi connectivity index (χ0n) is 11.1. The van der Waals surface area contributed by atoms with Gasteiger partial charge in [-0.3, -0.25) is 9.48 Å². The summed E-state index contributed by atoms with van der Waals surface area (Å²) in [7, 11) is 1.90. The van der Waals surface area contributed by atoms with Gasteiger partial charge >= 0.3 is 0 Å². The molecule has 1 aromatic rings. The number of carbonyl (C=O) groups is 1. The van der Waals surface area contributed by atoms with Crippen molar-refractivity contribution in [2.75, 3.05) is 6.54 Å². The molecule has 0 aromatic carbocycles. The predicted octanol–water partition coefficient (Wildman–Crippen LogP) is 1.66. The smallest absolute Gasteiger partial charge is 0.224 e. The standard InChI is InChI=1S/C13H21N3O/c1-5-6-7-8-14-13(17)9-12-10(2)15-16(4)11(12)3/h5-6H,7-9H2,1-4H3,(H,14,17)/b6-5+. The molecule has 0 spiro atoms. The van der Waals surface area contributed by atoms with E-state index >= 15 is 0 Å². The molecule has 1 N–H and O–H groups in total. The Morgan fingerprint density at radius 2 is 2.18 bits per heavy atom. The van der Waals surface area contributed by atoms with E-state index in [-0.39, 0.29) is 5.91 Å². The van der Waals surface area contributed by atoms with Crippen LogP contribution in [0.3, 0.4) is 0 Å². The van der Waals surface area contributed by atoms with Crippen LogP contribution in [-0.4, -0.2) is 22.2 Å². The van der Waals surface area contributed by atoms with Crippen LogP contribution in [0.1, 0.15) is 30.3 Å². The molecule has 17 heavy (non-hydrogen) atoms. The van der Waals surface area contributed by atoms with E-state index in [1.54, 1.807) is 0 Å². The summed E-state index contributed by atoms with van der Waals surface area (Å²) in [5.74, 6) is 0.0636. The summed E-state index contributed by atoms with van der Waals surface area (Å²) in [6.07, 6.45) is 5.33. The van der Waals surface area contributed by atoms with E-state index < -0.39 is 0 Å². The summed E-state index contributed by atoms with van der Waals surface area (Å²) in [5.41, 5.74) is 3.04. The molecule has 0 saturated heterocycles. The molecule has 1 aromatic heterocycles. The van der Waals surface area contributed by atoms with Crippen molar-refractivity contribution < 1.29 is 4.79 Å². The monoisotopic (exact) mass is 235 g/mol. The molecule has 0 saturated carbocycles. The third kappa shape index (κ3) is 3.73. The van der Waals surface area contributed by atoms with Crippen LogP contribution in [0.15, 0.2) is 12.2 Å². The largest absolute Gasteiger partial charge is 0.356 e. The van der Waals surface area contributed by atoms with Gasteiger partial charge in [0.1, 0.15) is 0 Å². The molecule has 0 bridgehead atoms. The predicted molar refractivity (Wildman–Crippen MR) is 68.8 cm³/mol. The van der Waals surface area contributed by atoms with Gasteiger partial charge in [-0.25, -0.2) is 0 Å². The number of carbonyl (C=O) groups excluding carboxylic acids is 1. The number of aromatic nitrogens is 2. The zero-order chi connectivity index (χ0) is 12.8. The van der Waals surface area contributed by atoms with E-state index in [0.717, 1.165) is 23.4 Å². The quantitative estimate of drug-likeness (QED) is 0.623. The van der Waals surface area contributed by atoms with Crippen molar-refractivity contribution in [3.63, 3.8) is 0 Å². The molecule has 0 aliphatic heterocycles. The SMILES string of the molecule is C/C=C/CCNC(=O)Cc1c(C)nn(C)c1C. The minimum atomic E-state index is 0.0636. The number of hydrogen-bond donors (Lipinski definition) is 1. The van der Waals surface area contributed by atoms with Gasteiger partial charge in [0.15, 0.2) is 0 Å². The number of rotatable bonds is 5. The average molecular weight is 235 g/mol. The Labute approximate surface area is 103 Å². The minimum absolute atomic E-state index is 0.0636. The highest BCUT2D eigenvalue weighted by Crippen LogP contribution is 2.12. The van der Waals surface area contributed by atoms with Crippen LogP contribution in [0, 0.1) is 13.8 Å². The normalized spacial score (nSPS) is 11.1. The van der Waals surface area contributed by atoms with Crippen molar-refractivity contribution >= 4 is 5.91 Å². The molecule has 4 heteroatoms. The molecule has 0 aliphatic rings. The first-order chi connectivity index (χ1) is 8.06. The third-order valence-corrected chi connectivity index (χ3v) is 2.87. The van der Waals surface area contributed by atoms with Crippen molar-refractivity contribution in [2.45, 2.75) is 33.6 Å². The van der Waals surface area contributed by atoms with Gasteiger partial charge in [-0.15, -0.1) is 0 Å². The van der Waals surface area contributed by atoms with E-state index in [0.29, 0.717) is 13.0 Å². The molecule has 0 aliphatic carbocycles. The van der Waals surface area contributed by atoms with Crippen LogP contribution in [0.5, 0.6) is 0 Å². The summed E-state index contributed by atoms with van der Waals surface area (Å²) < 4.78 is 1.82. The van der Waals surface area contributed by atoms with Gasteiger partial charge in [0.2, 0.25) is 5.91 Å². The molecule has 0 radical (unpaired) electrons. The van der Waals surface area contributed by atoms with Gasteiger partial charge in [0, 0.05) is 24.8 Å². The van der Waals surface area contributed by atoms with Gasteiger partial charge in [0.25, 0.3) is 0 Å². The van der Waals surface area contributed by atoms with Crippen LogP contribution in [0.2, 0.25) is 0 Å². The highest BCUT2D eigenvalue weighted by atomic mass is 16.1. The highest BCUT2D eigenvalue weighted by molar-refractivity contribution is 5.79. The molecular weight excluding hydrogens is 214 g/mol. The van der Waals surface area contributed by atoms with Crippen molar-refractivity contribution in [2.24, 2.45) is 7.05 Å². The maximum Gasteiger partial charge on any atom is 0.224 e. The molecule has 4 nitrogen and oxygen atoms in total. The fraction of sp³-hybridized carbons (Fsp3) is 0.538. The Kier molecular flexibility index (Phi) is 4.94. The minimum Gasteiger partial charge on any atom is -0.356 e. The van der Waals surface area contributed by atoms with Gasteiger partial charge in [-0.2, -0.15) is 5.10 Å². The number of allylic oxidation sites excluding steroid dienone is 1. The van der Waals surface area contributed by atoms with Gasteiger partial charge < -0.3 is 5.32 Å². The first-order valence-electron chi connectivity index (χ1n) is 5.93. The van der Waals surface area contributed by atoms with Gasteiger partial charge in [0.05, 0.1) is 12.1 Å². The maximum absolute atomic E-state index is 11.7. The summed E-state index contributed by atoms with van der Waals surface area (Å²) in [5, 5.41) is 7.20. The maximum atomic E-state index is 11.7. The van der Waals surface area contributed by atoms with Crippen molar-refractivity contribution in [1.29, 1.82) is 0 Å². The van der Waals surface area contributed by atoms with Gasteiger partial charge in [-0.1, -0.05) is 12.2 Å². The fourth-order valence-electron chi connectivity index (χ4n) is 1.76. The lowest BCUT2D eigenvalue weighted by Gasteiger charge is -2.04. The van der Waals surface area contributed by atoms with Crippen molar-refractivity contribution in [3.05, 3.63) is 29.1 Å². The third-order valence-electron chi connectivity index (χ3n) is 2.87. The second kappa shape index (κ2) is 6.23. The Morgan fingerprint density at radius 1 is 1.47 bits per heavy atom. The van der Waals surface area contributed by atoms with Crippen LogP contribution in [0.4, 0.5) is 0 Å². The Morgan fingerprint density at radius 3 is 2.71 bits per heavy atom. The fourth-order valence-corrected chi connectivity index (χ4v) is 1.76. The highest BCUT2D eigenvalue weighted by Gasteiger charge is 2.12. The van der Waals surface area contributed by atoms with E-state index in [1.807, 2.05) is 44.7 Å². The molecule has 1 heterocycles. The van der Waals surface area contributed by atoms with Crippen LogP contribution in [-0.2, 0) is 18.3 Å². The Balaban J connectivity index is 2.50. The Bertz CT molecular complexity index is 419. The second-order valence-electron chi connectivity index (χ2n) is 4.16. The molecular formula is C13H21N3O. The number of amides is 1. The van der Waals surface area contributed by atoms with Crippen LogP contribution >= 0.6 is 0 Å². The number of aryl methyl sites for hydroxylation is 2. The average Bonchev–Trinajstić information content (AvgIpc) is 2.52. The molecule has 0 atom stereocenters. The van der Waals surface area contributed by atoms with E-state index in [2.05, 4.69) is 10.4 Å². The first kappa shape index (κ1) is 13.5. The lowest BCUT2D eigenvalue weighted by atomic mass is 10.1. The Hall–Kier alpha value is -1.58. The van der Waals surface area contributed by atoms with Crippen molar-refractivity contribution in [1.82, 2.24) is 15.1 Å². The lowest BCUT2D eigenvalue weighted by Crippen LogP contribution is -2.26.